The minimum absolute atomic E-state index is 0.0856. The molecule has 0 saturated carbocycles. The number of nitrogens with one attached hydrogen (secondary N) is 2. The number of halogens is 2. The van der Waals surface area contributed by atoms with Gasteiger partial charge in [-0.05, 0) is 48.5 Å². The predicted octanol–water partition coefficient (Wildman–Crippen LogP) is 4.00. The van der Waals surface area contributed by atoms with Crippen molar-refractivity contribution in [3.05, 3.63) is 84.7 Å². The number of rotatable bonds is 7. The standard InChI is InChI=1S/C23H18F2N4O3/c24-23(25)32-20-8-4-1-5-17(20)22(31)26-13-21(30)28-15-9-11-16(12-10-15)29-14-27-18-6-2-3-7-19(18)29/h1-12,14,23H,13H2,(H,26,31)(H,28,30). The maximum atomic E-state index is 12.5. The number of alkyl halides is 2. The molecule has 0 unspecified atom stereocenters. The van der Waals surface area contributed by atoms with Crippen LogP contribution in [0.3, 0.4) is 0 Å². The molecule has 0 saturated heterocycles. The largest absolute Gasteiger partial charge is 0.434 e. The highest BCUT2D eigenvalue weighted by atomic mass is 19.3. The number of ether oxygens (including phenoxy) is 1. The molecular formula is C23H18F2N4O3. The van der Waals surface area contributed by atoms with E-state index in [1.807, 2.05) is 41.0 Å². The molecule has 162 valence electrons. The normalized spacial score (nSPS) is 10.8. The summed E-state index contributed by atoms with van der Waals surface area (Å²) < 4.78 is 31.3. The molecule has 4 rings (SSSR count). The number of amides is 2. The van der Waals surface area contributed by atoms with Crippen molar-refractivity contribution >= 4 is 28.5 Å². The van der Waals surface area contributed by atoms with E-state index < -0.39 is 18.4 Å². The minimum Gasteiger partial charge on any atom is -0.434 e. The van der Waals surface area contributed by atoms with Crippen molar-refractivity contribution in [2.24, 2.45) is 0 Å². The van der Waals surface area contributed by atoms with Gasteiger partial charge < -0.3 is 15.4 Å². The SMILES string of the molecule is O=C(CNC(=O)c1ccccc1OC(F)F)Nc1ccc(-n2cnc3ccccc32)cc1. The summed E-state index contributed by atoms with van der Waals surface area (Å²) in [4.78, 5) is 28.8. The number of imidazole rings is 1. The molecule has 32 heavy (non-hydrogen) atoms. The van der Waals surface area contributed by atoms with Gasteiger partial charge in [0.1, 0.15) is 12.1 Å². The molecule has 7 nitrogen and oxygen atoms in total. The van der Waals surface area contributed by atoms with Crippen LogP contribution >= 0.6 is 0 Å². The van der Waals surface area contributed by atoms with Gasteiger partial charge in [0.05, 0.1) is 23.1 Å². The Balaban J connectivity index is 1.36. The molecule has 3 aromatic carbocycles. The van der Waals surface area contributed by atoms with Crippen molar-refractivity contribution in [3.63, 3.8) is 0 Å². The Kier molecular flexibility index (Phi) is 6.07. The number of hydrogen-bond acceptors (Lipinski definition) is 4. The van der Waals surface area contributed by atoms with Gasteiger partial charge in [0.15, 0.2) is 0 Å². The second kappa shape index (κ2) is 9.25. The van der Waals surface area contributed by atoms with E-state index in [1.54, 1.807) is 18.5 Å². The maximum Gasteiger partial charge on any atom is 0.387 e. The fourth-order valence-corrected chi connectivity index (χ4v) is 3.18. The van der Waals surface area contributed by atoms with Gasteiger partial charge in [0, 0.05) is 11.4 Å². The van der Waals surface area contributed by atoms with Gasteiger partial charge in [-0.1, -0.05) is 24.3 Å². The molecule has 4 aromatic rings. The summed E-state index contributed by atoms with van der Waals surface area (Å²) in [7, 11) is 0. The summed E-state index contributed by atoms with van der Waals surface area (Å²) in [6.45, 7) is -3.40. The van der Waals surface area contributed by atoms with Crippen LogP contribution < -0.4 is 15.4 Å². The Morgan fingerprint density at radius 1 is 0.969 bits per heavy atom. The third-order valence-corrected chi connectivity index (χ3v) is 4.64. The Morgan fingerprint density at radius 2 is 1.69 bits per heavy atom. The molecular weight excluding hydrogens is 418 g/mol. The zero-order chi connectivity index (χ0) is 22.5. The molecule has 0 aliphatic rings. The van der Waals surface area contributed by atoms with E-state index in [2.05, 4.69) is 20.4 Å². The number of carbonyl (C=O) groups excluding carboxylic acids is 2. The van der Waals surface area contributed by atoms with Crippen LogP contribution in [0.2, 0.25) is 0 Å². The van der Waals surface area contributed by atoms with Crippen LogP contribution in [0.4, 0.5) is 14.5 Å². The lowest BCUT2D eigenvalue weighted by Gasteiger charge is -2.11. The van der Waals surface area contributed by atoms with E-state index in [9.17, 15) is 18.4 Å². The zero-order valence-corrected chi connectivity index (χ0v) is 16.7. The van der Waals surface area contributed by atoms with Crippen molar-refractivity contribution in [1.82, 2.24) is 14.9 Å². The predicted molar refractivity (Wildman–Crippen MR) is 115 cm³/mol. The summed E-state index contributed by atoms with van der Waals surface area (Å²) in [5.74, 6) is -1.42. The van der Waals surface area contributed by atoms with Crippen LogP contribution in [0.1, 0.15) is 10.4 Å². The minimum atomic E-state index is -3.06. The van der Waals surface area contributed by atoms with Gasteiger partial charge in [0.2, 0.25) is 5.91 Å². The lowest BCUT2D eigenvalue weighted by Crippen LogP contribution is -2.33. The van der Waals surface area contributed by atoms with Crippen LogP contribution in [0.5, 0.6) is 5.75 Å². The lowest BCUT2D eigenvalue weighted by atomic mass is 10.2. The maximum absolute atomic E-state index is 12.5. The van der Waals surface area contributed by atoms with Crippen molar-refractivity contribution in [2.75, 3.05) is 11.9 Å². The smallest absolute Gasteiger partial charge is 0.387 e. The van der Waals surface area contributed by atoms with Crippen LogP contribution in [0.15, 0.2) is 79.1 Å². The Bertz CT molecular complexity index is 1260. The molecule has 0 fully saturated rings. The third-order valence-electron chi connectivity index (χ3n) is 4.64. The van der Waals surface area contributed by atoms with Crippen molar-refractivity contribution in [3.8, 4) is 11.4 Å². The summed E-state index contributed by atoms with van der Waals surface area (Å²) >= 11 is 0. The molecule has 0 atom stereocenters. The molecule has 0 bridgehead atoms. The molecule has 0 aliphatic heterocycles. The number of benzene rings is 3. The average Bonchev–Trinajstić information content (AvgIpc) is 3.22. The first kappa shape index (κ1) is 21.0. The molecule has 2 amide bonds. The Hall–Kier alpha value is -4.27. The van der Waals surface area contributed by atoms with E-state index in [0.29, 0.717) is 5.69 Å². The van der Waals surface area contributed by atoms with Crippen molar-refractivity contribution in [1.29, 1.82) is 0 Å². The lowest BCUT2D eigenvalue weighted by molar-refractivity contribution is -0.115. The van der Waals surface area contributed by atoms with Gasteiger partial charge >= 0.3 is 6.61 Å². The van der Waals surface area contributed by atoms with E-state index in [1.165, 1.54) is 24.3 Å². The number of hydrogen-bond donors (Lipinski definition) is 2. The Labute approximate surface area is 181 Å². The quantitative estimate of drug-likeness (QED) is 0.459. The topological polar surface area (TPSA) is 85.3 Å². The van der Waals surface area contributed by atoms with Gasteiger partial charge in [-0.3, -0.25) is 14.2 Å². The molecule has 0 spiro atoms. The van der Waals surface area contributed by atoms with Crippen LogP contribution in [-0.4, -0.2) is 34.5 Å². The second-order valence-corrected chi connectivity index (χ2v) is 6.76. The first-order chi connectivity index (χ1) is 15.5. The van der Waals surface area contributed by atoms with E-state index in [4.69, 9.17) is 0 Å². The average molecular weight is 436 g/mol. The number of nitrogens with zero attached hydrogens (tertiary/aromatic N) is 2. The number of para-hydroxylation sites is 3. The van der Waals surface area contributed by atoms with Gasteiger partial charge in [-0.2, -0.15) is 8.78 Å². The third kappa shape index (κ3) is 4.72. The second-order valence-electron chi connectivity index (χ2n) is 6.76. The van der Waals surface area contributed by atoms with E-state index >= 15 is 0 Å². The van der Waals surface area contributed by atoms with Crippen molar-refractivity contribution in [2.45, 2.75) is 6.61 Å². The number of fused-ring (bicyclic) bond motifs is 1. The van der Waals surface area contributed by atoms with Gasteiger partial charge in [-0.15, -0.1) is 0 Å². The molecule has 0 aliphatic carbocycles. The van der Waals surface area contributed by atoms with Crippen LogP contribution in [0.25, 0.3) is 16.7 Å². The van der Waals surface area contributed by atoms with Crippen molar-refractivity contribution < 1.29 is 23.1 Å². The first-order valence-corrected chi connectivity index (χ1v) is 9.65. The fourth-order valence-electron chi connectivity index (χ4n) is 3.18. The highest BCUT2D eigenvalue weighted by molar-refractivity contribution is 6.00. The number of aromatic nitrogens is 2. The number of anilines is 1. The Morgan fingerprint density at radius 3 is 2.47 bits per heavy atom. The van der Waals surface area contributed by atoms with E-state index in [0.717, 1.165) is 16.7 Å². The number of carbonyl (C=O) groups is 2. The van der Waals surface area contributed by atoms with E-state index in [-0.39, 0.29) is 17.9 Å². The molecule has 2 N–H and O–H groups in total. The molecule has 1 aromatic heterocycles. The fraction of sp³-hybridized carbons (Fsp3) is 0.0870. The molecule has 1 heterocycles. The van der Waals surface area contributed by atoms with Gasteiger partial charge in [0.25, 0.3) is 5.91 Å². The van der Waals surface area contributed by atoms with Crippen LogP contribution in [-0.2, 0) is 4.79 Å². The summed E-state index contributed by atoms with van der Waals surface area (Å²) in [5, 5.41) is 5.07. The zero-order valence-electron chi connectivity index (χ0n) is 16.7. The summed E-state index contributed by atoms with van der Waals surface area (Å²) in [6.07, 6.45) is 1.73. The summed E-state index contributed by atoms with van der Waals surface area (Å²) in [5.41, 5.74) is 3.17. The monoisotopic (exact) mass is 436 g/mol. The molecule has 0 radical (unpaired) electrons. The van der Waals surface area contributed by atoms with Gasteiger partial charge in [-0.25, -0.2) is 4.98 Å². The molecule has 9 heteroatoms. The highest BCUT2D eigenvalue weighted by Crippen LogP contribution is 2.21. The summed E-state index contributed by atoms with van der Waals surface area (Å²) in [6, 6.07) is 20.4. The highest BCUT2D eigenvalue weighted by Gasteiger charge is 2.16. The van der Waals surface area contributed by atoms with Crippen LogP contribution in [0, 0.1) is 0 Å². The first-order valence-electron chi connectivity index (χ1n) is 9.65.